The number of carbonyl (C=O) groups excluding carboxylic acids is 1. The van der Waals surface area contributed by atoms with Crippen LogP contribution in [-0.4, -0.2) is 68.4 Å². The van der Waals surface area contributed by atoms with Gasteiger partial charge in [0.25, 0.3) is 5.91 Å². The summed E-state index contributed by atoms with van der Waals surface area (Å²) >= 11 is 0. The summed E-state index contributed by atoms with van der Waals surface area (Å²) in [6, 6.07) is 0. The van der Waals surface area contributed by atoms with Gasteiger partial charge in [-0.1, -0.05) is 77.6 Å². The van der Waals surface area contributed by atoms with Crippen molar-refractivity contribution >= 4 is 11.9 Å². The van der Waals surface area contributed by atoms with E-state index in [1.54, 1.807) is 0 Å². The topological polar surface area (TPSA) is 147 Å². The van der Waals surface area contributed by atoms with E-state index in [0.29, 0.717) is 6.54 Å². The summed E-state index contributed by atoms with van der Waals surface area (Å²) < 4.78 is 0. The van der Waals surface area contributed by atoms with Crippen molar-refractivity contribution in [2.24, 2.45) is 0 Å². The predicted molar refractivity (Wildman–Crippen MR) is 106 cm³/mol. The fraction of sp³-hybridized carbons (Fsp3) is 0.900. The number of aliphatic carboxylic acids is 1. The van der Waals surface area contributed by atoms with Crippen LogP contribution < -0.4 is 5.32 Å². The number of carboxylic acids is 1. The smallest absolute Gasteiger partial charge is 0.335 e. The van der Waals surface area contributed by atoms with Crippen molar-refractivity contribution in [2.75, 3.05) is 6.54 Å². The first-order valence-electron chi connectivity index (χ1n) is 10.6. The highest BCUT2D eigenvalue weighted by Gasteiger charge is 2.37. The van der Waals surface area contributed by atoms with E-state index in [0.717, 1.165) is 25.7 Å². The number of rotatable bonds is 18. The minimum absolute atomic E-state index is 0.317. The van der Waals surface area contributed by atoms with Gasteiger partial charge in [-0.05, 0) is 6.42 Å². The van der Waals surface area contributed by atoms with Crippen LogP contribution in [0, 0.1) is 0 Å². The molecule has 0 bridgehead atoms. The maximum Gasteiger partial charge on any atom is 0.335 e. The Kier molecular flexibility index (Phi) is 16.0. The van der Waals surface area contributed by atoms with E-state index in [1.807, 2.05) is 0 Å². The molecule has 8 heteroatoms. The molecule has 4 atom stereocenters. The van der Waals surface area contributed by atoms with Crippen LogP contribution in [0.15, 0.2) is 0 Å². The Morgan fingerprint density at radius 2 is 1.07 bits per heavy atom. The zero-order valence-electron chi connectivity index (χ0n) is 17.1. The summed E-state index contributed by atoms with van der Waals surface area (Å²) in [7, 11) is 0. The molecule has 0 aliphatic heterocycles. The molecular formula is C20H39NO7. The van der Waals surface area contributed by atoms with Gasteiger partial charge in [0.1, 0.15) is 12.2 Å². The molecule has 6 N–H and O–H groups in total. The summed E-state index contributed by atoms with van der Waals surface area (Å²) in [6.07, 6.45) is 5.72. The van der Waals surface area contributed by atoms with Crippen LogP contribution in [0.25, 0.3) is 0 Å². The van der Waals surface area contributed by atoms with Crippen molar-refractivity contribution in [1.29, 1.82) is 0 Å². The Hall–Kier alpha value is -1.22. The lowest BCUT2D eigenvalue weighted by Crippen LogP contribution is -2.52. The maximum atomic E-state index is 11.7. The predicted octanol–water partition coefficient (Wildman–Crippen LogP) is 1.33. The third-order valence-corrected chi connectivity index (χ3v) is 4.85. The highest BCUT2D eigenvalue weighted by Crippen LogP contribution is 2.12. The van der Waals surface area contributed by atoms with Gasteiger partial charge in [-0.25, -0.2) is 4.79 Å². The maximum absolute atomic E-state index is 11.7. The normalized spacial score (nSPS) is 15.6. The van der Waals surface area contributed by atoms with Crippen molar-refractivity contribution in [3.8, 4) is 0 Å². The van der Waals surface area contributed by atoms with Crippen molar-refractivity contribution < 1.29 is 35.1 Å². The molecule has 0 saturated heterocycles. The lowest BCUT2D eigenvalue weighted by Gasteiger charge is -2.23. The summed E-state index contributed by atoms with van der Waals surface area (Å²) in [6.45, 7) is 2.53. The monoisotopic (exact) mass is 405 g/mol. The number of hydrogen-bond acceptors (Lipinski definition) is 6. The van der Waals surface area contributed by atoms with Crippen LogP contribution in [0.5, 0.6) is 0 Å². The average molecular weight is 406 g/mol. The van der Waals surface area contributed by atoms with Gasteiger partial charge >= 0.3 is 5.97 Å². The molecule has 0 rings (SSSR count). The van der Waals surface area contributed by atoms with Crippen molar-refractivity contribution in [3.05, 3.63) is 0 Å². The zero-order valence-corrected chi connectivity index (χ0v) is 17.1. The summed E-state index contributed by atoms with van der Waals surface area (Å²) in [4.78, 5) is 22.3. The van der Waals surface area contributed by atoms with Crippen molar-refractivity contribution in [2.45, 2.75) is 108 Å². The molecular weight excluding hydrogens is 366 g/mol. The van der Waals surface area contributed by atoms with E-state index < -0.39 is 36.3 Å². The van der Waals surface area contributed by atoms with Crippen LogP contribution >= 0.6 is 0 Å². The van der Waals surface area contributed by atoms with Crippen LogP contribution in [0.4, 0.5) is 0 Å². The number of aliphatic hydroxyl groups excluding tert-OH is 4. The molecule has 0 aliphatic carbocycles. The Morgan fingerprint density at radius 3 is 1.50 bits per heavy atom. The summed E-state index contributed by atoms with van der Waals surface area (Å²) in [5, 5.41) is 48.8. The van der Waals surface area contributed by atoms with Gasteiger partial charge in [0.15, 0.2) is 12.2 Å². The van der Waals surface area contributed by atoms with Gasteiger partial charge in [0.2, 0.25) is 0 Å². The molecule has 0 aromatic carbocycles. The number of aliphatic hydroxyl groups is 4. The van der Waals surface area contributed by atoms with Gasteiger partial charge in [-0.3, -0.25) is 4.79 Å². The largest absolute Gasteiger partial charge is 0.479 e. The lowest BCUT2D eigenvalue weighted by atomic mass is 10.0. The Balaban J connectivity index is 3.67. The highest BCUT2D eigenvalue weighted by atomic mass is 16.4. The molecule has 8 nitrogen and oxygen atoms in total. The third kappa shape index (κ3) is 12.3. The van der Waals surface area contributed by atoms with Crippen molar-refractivity contribution in [1.82, 2.24) is 5.32 Å². The van der Waals surface area contributed by atoms with E-state index in [-0.39, 0.29) is 0 Å². The molecule has 0 heterocycles. The summed E-state index contributed by atoms with van der Waals surface area (Å²) in [5.41, 5.74) is 0. The van der Waals surface area contributed by atoms with Gasteiger partial charge in [-0.15, -0.1) is 0 Å². The molecule has 0 spiro atoms. The SMILES string of the molecule is CCCCCCCCCCCCCCNC(=O)C(O)C(O)C(O)C(O)C(=O)O. The molecule has 4 unspecified atom stereocenters. The number of hydrogen-bond donors (Lipinski definition) is 6. The summed E-state index contributed by atoms with van der Waals surface area (Å²) in [5.74, 6) is -2.66. The first kappa shape index (κ1) is 26.8. The number of unbranched alkanes of at least 4 members (excludes halogenated alkanes) is 11. The van der Waals surface area contributed by atoms with Crippen LogP contribution in [-0.2, 0) is 9.59 Å². The van der Waals surface area contributed by atoms with Gasteiger partial charge in [0.05, 0.1) is 0 Å². The highest BCUT2D eigenvalue weighted by molar-refractivity contribution is 5.81. The quantitative estimate of drug-likeness (QED) is 0.189. The molecule has 0 fully saturated rings. The fourth-order valence-corrected chi connectivity index (χ4v) is 2.96. The molecule has 166 valence electrons. The number of carboxylic acid groups (broad SMARTS) is 1. The second-order valence-corrected chi connectivity index (χ2v) is 7.39. The van der Waals surface area contributed by atoms with Gasteiger partial charge in [-0.2, -0.15) is 0 Å². The number of amides is 1. The first-order valence-corrected chi connectivity index (χ1v) is 10.6. The first-order chi connectivity index (χ1) is 13.3. The second kappa shape index (κ2) is 16.7. The zero-order chi connectivity index (χ0) is 21.4. The van der Waals surface area contributed by atoms with E-state index in [4.69, 9.17) is 10.2 Å². The lowest BCUT2D eigenvalue weighted by molar-refractivity contribution is -0.166. The fourth-order valence-electron chi connectivity index (χ4n) is 2.96. The molecule has 0 aliphatic rings. The van der Waals surface area contributed by atoms with Crippen LogP contribution in [0.2, 0.25) is 0 Å². The van der Waals surface area contributed by atoms with Crippen LogP contribution in [0.1, 0.15) is 84.0 Å². The molecule has 0 aromatic rings. The molecule has 0 radical (unpaired) electrons. The Morgan fingerprint density at radius 1 is 0.679 bits per heavy atom. The number of carbonyl (C=O) groups is 2. The van der Waals surface area contributed by atoms with Gasteiger partial charge < -0.3 is 30.8 Å². The standard InChI is InChI=1S/C20H39NO7/c1-2-3-4-5-6-7-8-9-10-11-12-13-14-21-19(26)17(24)15(22)16(23)18(25)20(27)28/h15-18,22-25H,2-14H2,1H3,(H,21,26)(H,27,28). The van der Waals surface area contributed by atoms with Crippen molar-refractivity contribution in [3.63, 3.8) is 0 Å². The van der Waals surface area contributed by atoms with Crippen LogP contribution in [0.3, 0.4) is 0 Å². The molecule has 0 saturated carbocycles. The second-order valence-electron chi connectivity index (χ2n) is 7.39. The van der Waals surface area contributed by atoms with E-state index in [9.17, 15) is 24.9 Å². The average Bonchev–Trinajstić information content (AvgIpc) is 2.68. The molecule has 28 heavy (non-hydrogen) atoms. The minimum atomic E-state index is -2.28. The van der Waals surface area contributed by atoms with E-state index in [1.165, 1.54) is 51.4 Å². The minimum Gasteiger partial charge on any atom is -0.479 e. The molecule has 1 amide bonds. The third-order valence-electron chi connectivity index (χ3n) is 4.85. The van der Waals surface area contributed by atoms with Gasteiger partial charge in [0, 0.05) is 6.54 Å². The Labute approximate surface area is 168 Å². The number of nitrogens with one attached hydrogen (secondary N) is 1. The van der Waals surface area contributed by atoms with E-state index in [2.05, 4.69) is 12.2 Å². The van der Waals surface area contributed by atoms with E-state index >= 15 is 0 Å². The molecule has 0 aromatic heterocycles. The Bertz CT molecular complexity index is 419.